The number of anilines is 1. The van der Waals surface area contributed by atoms with E-state index in [2.05, 4.69) is 49.3 Å². The topological polar surface area (TPSA) is 87.8 Å². The number of fused-ring (bicyclic) bond motifs is 1. The van der Waals surface area contributed by atoms with Crippen LogP contribution < -0.4 is 10.3 Å². The highest BCUT2D eigenvalue weighted by Crippen LogP contribution is 2.37. The predicted octanol–water partition coefficient (Wildman–Crippen LogP) is 3.99. The van der Waals surface area contributed by atoms with Crippen LogP contribution in [0.2, 0.25) is 0 Å². The molecule has 7 heteroatoms. The number of carbonyl (C=O) groups excluding carboxylic acids is 1. The lowest BCUT2D eigenvalue weighted by atomic mass is 9.89. The molecule has 1 amide bonds. The first kappa shape index (κ1) is 19.3. The average Bonchev–Trinajstić information content (AvgIpc) is 2.66. The van der Waals surface area contributed by atoms with E-state index >= 15 is 0 Å². The number of allylic oxidation sites excluding steroid dienone is 1. The van der Waals surface area contributed by atoms with Gasteiger partial charge in [0.1, 0.15) is 0 Å². The number of amides is 1. The van der Waals surface area contributed by atoms with Crippen LogP contribution in [0.3, 0.4) is 0 Å². The van der Waals surface area contributed by atoms with Gasteiger partial charge in [0.25, 0.3) is 11.6 Å². The van der Waals surface area contributed by atoms with Gasteiger partial charge in [-0.15, -0.1) is 0 Å². The largest absolute Gasteiger partial charge is 0.366 e. The Kier molecular flexibility index (Phi) is 5.00. The molecule has 0 spiro atoms. The molecule has 144 valence electrons. The van der Waals surface area contributed by atoms with E-state index < -0.39 is 10.8 Å². The van der Waals surface area contributed by atoms with Crippen molar-refractivity contribution in [2.45, 2.75) is 26.3 Å². The Morgan fingerprint density at radius 1 is 1.21 bits per heavy atom. The number of benzene rings is 2. The van der Waals surface area contributed by atoms with E-state index in [9.17, 15) is 14.9 Å². The molecule has 2 aromatic rings. The van der Waals surface area contributed by atoms with Crippen molar-refractivity contribution in [1.29, 1.82) is 0 Å². The zero-order valence-electron chi connectivity index (χ0n) is 16.3. The second-order valence-electron chi connectivity index (χ2n) is 7.32. The Bertz CT molecular complexity index is 991. The van der Waals surface area contributed by atoms with Gasteiger partial charge in [-0.25, -0.2) is 5.43 Å². The fraction of sp³-hybridized carbons (Fsp3) is 0.238. The van der Waals surface area contributed by atoms with Crippen LogP contribution in [-0.2, 0) is 0 Å². The predicted molar refractivity (Wildman–Crippen MR) is 111 cm³/mol. The van der Waals surface area contributed by atoms with Crippen molar-refractivity contribution in [1.82, 2.24) is 5.43 Å². The van der Waals surface area contributed by atoms with Gasteiger partial charge in [-0.3, -0.25) is 14.9 Å². The van der Waals surface area contributed by atoms with Gasteiger partial charge < -0.3 is 4.90 Å². The molecule has 0 aromatic heterocycles. The number of carbonyl (C=O) groups is 1. The summed E-state index contributed by atoms with van der Waals surface area (Å²) < 4.78 is 0. The summed E-state index contributed by atoms with van der Waals surface area (Å²) in [6.45, 7) is 6.43. The van der Waals surface area contributed by atoms with Crippen LogP contribution in [0.1, 0.15) is 42.3 Å². The summed E-state index contributed by atoms with van der Waals surface area (Å²) in [7, 11) is 2.07. The van der Waals surface area contributed by atoms with Crippen LogP contribution in [0, 0.1) is 10.1 Å². The van der Waals surface area contributed by atoms with Crippen molar-refractivity contribution in [3.63, 3.8) is 0 Å². The summed E-state index contributed by atoms with van der Waals surface area (Å²) in [5.41, 5.74) is 6.98. The Balaban J connectivity index is 1.72. The van der Waals surface area contributed by atoms with Gasteiger partial charge >= 0.3 is 0 Å². The number of hydrogen-bond acceptors (Lipinski definition) is 5. The SMILES string of the molecule is CC1=CC(C)(C)N(C)c2ccc(/C=N\NC(=O)c3ccc([N+](=O)[O-])cc3)cc21. The minimum absolute atomic E-state index is 0.0502. The summed E-state index contributed by atoms with van der Waals surface area (Å²) in [6.07, 6.45) is 3.81. The molecule has 0 aliphatic carbocycles. The normalized spacial score (nSPS) is 15.1. The molecule has 28 heavy (non-hydrogen) atoms. The van der Waals surface area contributed by atoms with Crippen molar-refractivity contribution in [3.05, 3.63) is 75.3 Å². The minimum atomic E-state index is -0.509. The quantitative estimate of drug-likeness (QED) is 0.495. The number of nitro groups is 1. The van der Waals surface area contributed by atoms with Gasteiger partial charge in [-0.05, 0) is 56.2 Å². The maximum atomic E-state index is 12.1. The van der Waals surface area contributed by atoms with Crippen molar-refractivity contribution in [2.24, 2.45) is 5.10 Å². The number of non-ortho nitro benzene ring substituents is 1. The zero-order chi connectivity index (χ0) is 20.5. The average molecular weight is 378 g/mol. The van der Waals surface area contributed by atoms with Crippen molar-refractivity contribution < 1.29 is 9.72 Å². The molecule has 0 saturated carbocycles. The maximum Gasteiger partial charge on any atom is 0.271 e. The summed E-state index contributed by atoms with van der Waals surface area (Å²) in [4.78, 5) is 24.5. The molecule has 0 radical (unpaired) electrons. The third-order valence-corrected chi connectivity index (χ3v) is 4.96. The standard InChI is InChI=1S/C21H22N4O3/c1-14-12-21(2,3)24(4)19-10-5-15(11-18(14)19)13-22-23-20(26)16-6-8-17(9-7-16)25(27)28/h5-13H,1-4H3,(H,23,26)/b22-13-. The van der Waals surface area contributed by atoms with E-state index in [0.29, 0.717) is 5.56 Å². The van der Waals surface area contributed by atoms with Crippen molar-refractivity contribution in [2.75, 3.05) is 11.9 Å². The van der Waals surface area contributed by atoms with Crippen LogP contribution >= 0.6 is 0 Å². The maximum absolute atomic E-state index is 12.1. The molecule has 1 heterocycles. The van der Waals surface area contributed by atoms with Gasteiger partial charge in [0.15, 0.2) is 0 Å². The van der Waals surface area contributed by atoms with Crippen LogP contribution in [0.15, 0.2) is 53.6 Å². The molecule has 2 aromatic carbocycles. The van der Waals surface area contributed by atoms with E-state index in [1.807, 2.05) is 18.2 Å². The number of nitrogens with zero attached hydrogens (tertiary/aromatic N) is 3. The molecule has 0 fully saturated rings. The zero-order valence-corrected chi connectivity index (χ0v) is 16.3. The van der Waals surface area contributed by atoms with Crippen LogP contribution in [-0.4, -0.2) is 29.6 Å². The van der Waals surface area contributed by atoms with E-state index in [-0.39, 0.29) is 11.2 Å². The number of rotatable bonds is 4. The van der Waals surface area contributed by atoms with Gasteiger partial charge in [0.05, 0.1) is 16.7 Å². The third-order valence-electron chi connectivity index (χ3n) is 4.96. The lowest BCUT2D eigenvalue weighted by Crippen LogP contribution is -2.42. The number of nitrogens with one attached hydrogen (secondary N) is 1. The van der Waals surface area contributed by atoms with Crippen LogP contribution in [0.4, 0.5) is 11.4 Å². The minimum Gasteiger partial charge on any atom is -0.366 e. The second kappa shape index (κ2) is 7.26. The fourth-order valence-corrected chi connectivity index (χ4v) is 3.22. The molecular formula is C21H22N4O3. The highest BCUT2D eigenvalue weighted by Gasteiger charge is 2.28. The number of hydrazone groups is 1. The molecule has 1 aliphatic heterocycles. The molecule has 0 unspecified atom stereocenters. The summed E-state index contributed by atoms with van der Waals surface area (Å²) in [6, 6.07) is 11.4. The monoisotopic (exact) mass is 378 g/mol. The van der Waals surface area contributed by atoms with E-state index in [1.165, 1.54) is 29.8 Å². The molecular weight excluding hydrogens is 356 g/mol. The van der Waals surface area contributed by atoms with Crippen molar-refractivity contribution in [3.8, 4) is 0 Å². The second-order valence-corrected chi connectivity index (χ2v) is 7.32. The summed E-state index contributed by atoms with van der Waals surface area (Å²) in [5, 5.41) is 14.7. The molecule has 3 rings (SSSR count). The highest BCUT2D eigenvalue weighted by molar-refractivity contribution is 5.95. The van der Waals surface area contributed by atoms with E-state index in [1.54, 1.807) is 6.21 Å². The lowest BCUT2D eigenvalue weighted by Gasteiger charge is -2.40. The fourth-order valence-electron chi connectivity index (χ4n) is 3.22. The van der Waals surface area contributed by atoms with Crippen LogP contribution in [0.5, 0.6) is 0 Å². The van der Waals surface area contributed by atoms with Crippen molar-refractivity contribution >= 4 is 29.1 Å². The first-order chi connectivity index (χ1) is 13.2. The molecule has 7 nitrogen and oxygen atoms in total. The summed E-state index contributed by atoms with van der Waals surface area (Å²) in [5.74, 6) is -0.429. The van der Waals surface area contributed by atoms with Gasteiger partial charge in [-0.1, -0.05) is 12.1 Å². The van der Waals surface area contributed by atoms with Crippen LogP contribution in [0.25, 0.3) is 5.57 Å². The lowest BCUT2D eigenvalue weighted by molar-refractivity contribution is -0.384. The molecule has 0 atom stereocenters. The van der Waals surface area contributed by atoms with Gasteiger partial charge in [0, 0.05) is 36.0 Å². The summed E-state index contributed by atoms with van der Waals surface area (Å²) >= 11 is 0. The van der Waals surface area contributed by atoms with Gasteiger partial charge in [-0.2, -0.15) is 5.10 Å². The Morgan fingerprint density at radius 3 is 2.54 bits per heavy atom. The Labute approximate surface area is 163 Å². The molecule has 1 N–H and O–H groups in total. The Hall–Kier alpha value is -3.48. The third kappa shape index (κ3) is 3.78. The molecule has 0 bridgehead atoms. The number of hydrogen-bond donors (Lipinski definition) is 1. The number of nitro benzene ring substituents is 1. The van der Waals surface area contributed by atoms with E-state index in [0.717, 1.165) is 16.8 Å². The van der Waals surface area contributed by atoms with E-state index in [4.69, 9.17) is 0 Å². The first-order valence-electron chi connectivity index (χ1n) is 8.84. The van der Waals surface area contributed by atoms with Gasteiger partial charge in [0.2, 0.25) is 0 Å². The first-order valence-corrected chi connectivity index (χ1v) is 8.84. The molecule has 1 aliphatic rings. The Morgan fingerprint density at radius 2 is 1.89 bits per heavy atom. The smallest absolute Gasteiger partial charge is 0.271 e. The molecule has 0 saturated heterocycles. The highest BCUT2D eigenvalue weighted by atomic mass is 16.6. The number of likely N-dealkylation sites (N-methyl/N-ethyl adjacent to an activating group) is 1.